The zero-order valence-electron chi connectivity index (χ0n) is 22.1. The predicted octanol–water partition coefficient (Wildman–Crippen LogP) is 7.08. The molecule has 0 aliphatic carbocycles. The van der Waals surface area contributed by atoms with Gasteiger partial charge in [0, 0.05) is 11.8 Å². The van der Waals surface area contributed by atoms with Gasteiger partial charge in [0.25, 0.3) is 11.7 Å². The number of rotatable bonds is 7. The number of methoxy groups -OCH3 is 2. The Bertz CT molecular complexity index is 1610. The van der Waals surface area contributed by atoms with Crippen LogP contribution in [0.3, 0.4) is 0 Å². The van der Waals surface area contributed by atoms with Crippen LogP contribution in [0.15, 0.2) is 96.6 Å². The molecule has 1 amide bonds. The van der Waals surface area contributed by atoms with Crippen LogP contribution in [-0.2, 0) is 9.59 Å². The molecular weight excluding hydrogens is 530 g/mol. The van der Waals surface area contributed by atoms with Gasteiger partial charge < -0.3 is 19.3 Å². The Morgan fingerprint density at radius 2 is 1.50 bits per heavy atom. The SMILES string of the molecule is COc1cc(/C(O)=C2\C(=O)C(=O)N(c3ccc(C)cc3)C2c2cccc(Oc3ccccc3)c2)c(OC)cc1Cl. The molecule has 1 unspecified atom stereocenters. The van der Waals surface area contributed by atoms with Gasteiger partial charge >= 0.3 is 0 Å². The van der Waals surface area contributed by atoms with Gasteiger partial charge in [0.2, 0.25) is 0 Å². The molecule has 202 valence electrons. The van der Waals surface area contributed by atoms with Gasteiger partial charge in [-0.2, -0.15) is 0 Å². The first kappa shape index (κ1) is 26.8. The van der Waals surface area contributed by atoms with Crippen LogP contribution in [0, 0.1) is 6.92 Å². The van der Waals surface area contributed by atoms with E-state index in [1.807, 2.05) is 49.4 Å². The highest BCUT2D eigenvalue weighted by Crippen LogP contribution is 2.45. The van der Waals surface area contributed by atoms with Crippen molar-refractivity contribution in [2.45, 2.75) is 13.0 Å². The highest BCUT2D eigenvalue weighted by molar-refractivity contribution is 6.51. The van der Waals surface area contributed by atoms with Gasteiger partial charge in [-0.1, -0.05) is 59.6 Å². The Kier molecular flexibility index (Phi) is 7.49. The Hall–Kier alpha value is -4.75. The normalized spacial score (nSPS) is 16.2. The highest BCUT2D eigenvalue weighted by Gasteiger charge is 2.47. The summed E-state index contributed by atoms with van der Waals surface area (Å²) in [6, 6.07) is 25.6. The van der Waals surface area contributed by atoms with Crippen LogP contribution in [0.25, 0.3) is 5.76 Å². The van der Waals surface area contributed by atoms with Crippen molar-refractivity contribution >= 4 is 34.7 Å². The minimum absolute atomic E-state index is 0.106. The first-order chi connectivity index (χ1) is 19.3. The van der Waals surface area contributed by atoms with Crippen molar-refractivity contribution in [3.63, 3.8) is 0 Å². The maximum Gasteiger partial charge on any atom is 0.300 e. The molecule has 0 bridgehead atoms. The van der Waals surface area contributed by atoms with E-state index in [2.05, 4.69) is 0 Å². The summed E-state index contributed by atoms with van der Waals surface area (Å²) in [7, 11) is 2.85. The molecule has 1 heterocycles. The molecule has 0 saturated carbocycles. The molecular formula is C32H26ClNO6. The summed E-state index contributed by atoms with van der Waals surface area (Å²) < 4.78 is 16.8. The van der Waals surface area contributed by atoms with Crippen LogP contribution >= 0.6 is 11.6 Å². The maximum absolute atomic E-state index is 13.6. The number of para-hydroxylation sites is 1. The molecule has 40 heavy (non-hydrogen) atoms. The number of halogens is 1. The zero-order chi connectivity index (χ0) is 28.4. The molecule has 1 saturated heterocycles. The third-order valence-corrected chi connectivity index (χ3v) is 6.93. The third-order valence-electron chi connectivity index (χ3n) is 6.64. The molecule has 4 aromatic rings. The van der Waals surface area contributed by atoms with Gasteiger partial charge in [-0.15, -0.1) is 0 Å². The fourth-order valence-electron chi connectivity index (χ4n) is 4.68. The number of benzene rings is 4. The summed E-state index contributed by atoms with van der Waals surface area (Å²) in [5, 5.41) is 11.9. The predicted molar refractivity (Wildman–Crippen MR) is 153 cm³/mol. The van der Waals surface area contributed by atoms with Crippen LogP contribution in [0.4, 0.5) is 5.69 Å². The van der Waals surface area contributed by atoms with Crippen molar-refractivity contribution in [1.29, 1.82) is 0 Å². The number of hydrogen-bond donors (Lipinski definition) is 1. The van der Waals surface area contributed by atoms with E-state index in [-0.39, 0.29) is 27.7 Å². The fraction of sp³-hybridized carbons (Fsp3) is 0.125. The average molecular weight is 556 g/mol. The Labute approximate surface area is 236 Å². The van der Waals surface area contributed by atoms with E-state index in [1.165, 1.54) is 31.3 Å². The molecule has 1 aliphatic heterocycles. The van der Waals surface area contributed by atoms with Crippen molar-refractivity contribution in [2.75, 3.05) is 19.1 Å². The summed E-state index contributed by atoms with van der Waals surface area (Å²) >= 11 is 6.28. The lowest BCUT2D eigenvalue weighted by Gasteiger charge is -2.26. The highest BCUT2D eigenvalue weighted by atomic mass is 35.5. The lowest BCUT2D eigenvalue weighted by Crippen LogP contribution is -2.29. The number of Topliss-reactive ketones (excluding diaryl/α,β-unsaturated/α-hetero) is 1. The summed E-state index contributed by atoms with van der Waals surface area (Å²) in [6.07, 6.45) is 0. The van der Waals surface area contributed by atoms with Crippen LogP contribution in [0.2, 0.25) is 5.02 Å². The number of aryl methyl sites for hydroxylation is 1. The lowest BCUT2D eigenvalue weighted by molar-refractivity contribution is -0.132. The van der Waals surface area contributed by atoms with Crippen molar-refractivity contribution < 1.29 is 28.9 Å². The molecule has 1 aliphatic rings. The second-order valence-electron chi connectivity index (χ2n) is 9.18. The number of hydrogen-bond acceptors (Lipinski definition) is 6. The van der Waals surface area contributed by atoms with E-state index >= 15 is 0 Å². The van der Waals surface area contributed by atoms with E-state index < -0.39 is 23.5 Å². The van der Waals surface area contributed by atoms with Crippen molar-refractivity contribution in [3.05, 3.63) is 118 Å². The fourth-order valence-corrected chi connectivity index (χ4v) is 4.91. The molecule has 7 nitrogen and oxygen atoms in total. The number of carbonyl (C=O) groups is 2. The number of anilines is 1. The molecule has 5 rings (SSSR count). The molecule has 4 aromatic carbocycles. The van der Waals surface area contributed by atoms with Gasteiger partial charge in [-0.05, 0) is 55.0 Å². The van der Waals surface area contributed by atoms with E-state index in [9.17, 15) is 14.7 Å². The Morgan fingerprint density at radius 1 is 0.825 bits per heavy atom. The van der Waals surface area contributed by atoms with Crippen molar-refractivity contribution in [3.8, 4) is 23.0 Å². The first-order valence-corrected chi connectivity index (χ1v) is 12.8. The standard InChI is InChI=1S/C32H26ClNO6/c1-19-12-14-21(15-13-19)34-29(20-8-7-11-23(16-20)40-22-9-5-4-6-10-22)28(31(36)32(34)37)30(35)24-17-27(39-3)25(33)18-26(24)38-2/h4-18,29,35H,1-3H3/b30-28+. The first-order valence-electron chi connectivity index (χ1n) is 12.4. The number of carbonyl (C=O) groups excluding carboxylic acids is 2. The molecule has 8 heteroatoms. The average Bonchev–Trinajstić information content (AvgIpc) is 3.23. The van der Waals surface area contributed by atoms with Gasteiger partial charge in [-0.3, -0.25) is 14.5 Å². The molecule has 1 N–H and O–H groups in total. The third kappa shape index (κ3) is 4.99. The summed E-state index contributed by atoms with van der Waals surface area (Å²) in [5.41, 5.74) is 2.12. The van der Waals surface area contributed by atoms with Crippen molar-refractivity contribution in [2.24, 2.45) is 0 Å². The van der Waals surface area contributed by atoms with Gasteiger partial charge in [0.05, 0.1) is 36.4 Å². The second-order valence-corrected chi connectivity index (χ2v) is 9.59. The second kappa shape index (κ2) is 11.2. The molecule has 1 atom stereocenters. The number of ether oxygens (including phenoxy) is 3. The van der Waals surface area contributed by atoms with Gasteiger partial charge in [-0.25, -0.2) is 0 Å². The van der Waals surface area contributed by atoms with Crippen molar-refractivity contribution in [1.82, 2.24) is 0 Å². The van der Waals surface area contributed by atoms with Crippen LogP contribution in [0.5, 0.6) is 23.0 Å². The van der Waals surface area contributed by atoms with Crippen LogP contribution in [0.1, 0.15) is 22.7 Å². The Balaban J connectivity index is 1.71. The van der Waals surface area contributed by atoms with E-state index in [4.69, 9.17) is 25.8 Å². The van der Waals surface area contributed by atoms with Gasteiger partial charge in [0.1, 0.15) is 28.8 Å². The van der Waals surface area contributed by atoms with E-state index in [0.717, 1.165) is 5.56 Å². The number of amides is 1. The number of aliphatic hydroxyl groups excluding tert-OH is 1. The topological polar surface area (TPSA) is 85.3 Å². The maximum atomic E-state index is 13.6. The number of aliphatic hydroxyl groups is 1. The summed E-state index contributed by atoms with van der Waals surface area (Å²) in [4.78, 5) is 28.5. The lowest BCUT2D eigenvalue weighted by atomic mass is 9.94. The monoisotopic (exact) mass is 555 g/mol. The largest absolute Gasteiger partial charge is 0.507 e. The number of ketones is 1. The Morgan fingerprint density at radius 3 is 2.17 bits per heavy atom. The summed E-state index contributed by atoms with van der Waals surface area (Å²) in [6.45, 7) is 1.93. The summed E-state index contributed by atoms with van der Waals surface area (Å²) in [5.74, 6) is -0.414. The van der Waals surface area contributed by atoms with Crippen LogP contribution in [-0.4, -0.2) is 31.0 Å². The quantitative estimate of drug-likeness (QED) is 0.149. The minimum atomic E-state index is -0.964. The smallest absolute Gasteiger partial charge is 0.300 e. The molecule has 0 spiro atoms. The minimum Gasteiger partial charge on any atom is -0.507 e. The molecule has 0 radical (unpaired) electrons. The molecule has 1 fully saturated rings. The van der Waals surface area contributed by atoms with E-state index in [1.54, 1.807) is 36.4 Å². The van der Waals surface area contributed by atoms with E-state index in [0.29, 0.717) is 22.7 Å². The molecule has 0 aromatic heterocycles. The number of nitrogens with zero attached hydrogens (tertiary/aromatic N) is 1. The van der Waals surface area contributed by atoms with Crippen LogP contribution < -0.4 is 19.1 Å². The zero-order valence-corrected chi connectivity index (χ0v) is 22.8. The van der Waals surface area contributed by atoms with Gasteiger partial charge in [0.15, 0.2) is 0 Å².